The van der Waals surface area contributed by atoms with E-state index < -0.39 is 8.07 Å². The predicted octanol–water partition coefficient (Wildman–Crippen LogP) is 10.8. The van der Waals surface area contributed by atoms with E-state index >= 15 is 0 Å². The lowest BCUT2D eigenvalue weighted by Crippen LogP contribution is -2.18. The van der Waals surface area contributed by atoms with Crippen molar-refractivity contribution in [3.8, 4) is 16.9 Å². The summed E-state index contributed by atoms with van der Waals surface area (Å²) in [6.45, 7) is 10.5. The molecule has 37 heavy (non-hydrogen) atoms. The Hall–Kier alpha value is -1.33. The highest BCUT2D eigenvalue weighted by atomic mass is 32.2. The van der Waals surface area contributed by atoms with Gasteiger partial charge in [-0.3, -0.25) is 0 Å². The minimum atomic E-state index is -0.823. The third-order valence-electron chi connectivity index (χ3n) is 6.88. The van der Waals surface area contributed by atoms with Crippen molar-refractivity contribution in [1.29, 1.82) is 0 Å². The number of nitrogens with zero attached hydrogens (tertiary/aromatic N) is 2. The fraction of sp³-hybridized carbons (Fsp3) is 0.688. The summed E-state index contributed by atoms with van der Waals surface area (Å²) in [5.41, 5.74) is 2.20. The average Bonchev–Trinajstić information content (AvgIpc) is 2.89. The first-order chi connectivity index (χ1) is 18.0. The van der Waals surface area contributed by atoms with Gasteiger partial charge in [-0.15, -0.1) is 0 Å². The van der Waals surface area contributed by atoms with Crippen molar-refractivity contribution in [2.75, 3.05) is 12.4 Å². The fourth-order valence-corrected chi connectivity index (χ4v) is 6.61. The molecule has 0 saturated heterocycles. The second kappa shape index (κ2) is 19.7. The average molecular weight is 543 g/mol. The SMILES string of the molecule is CCCCCCCCSc1ncc(-c2ccc(OCCCCCCCCCCC[Si](C)(C)C)cc2)cn1. The molecule has 0 radical (unpaired) electrons. The number of benzene rings is 1. The molecule has 1 aromatic carbocycles. The summed E-state index contributed by atoms with van der Waals surface area (Å²) in [6, 6.07) is 9.86. The molecular weight excluding hydrogens is 489 g/mol. The number of hydrogen-bond donors (Lipinski definition) is 0. The number of unbranched alkanes of at least 4 members (excludes halogenated alkanes) is 13. The maximum absolute atomic E-state index is 5.97. The largest absolute Gasteiger partial charge is 0.494 e. The van der Waals surface area contributed by atoms with Crippen molar-refractivity contribution in [2.24, 2.45) is 0 Å². The number of hydrogen-bond acceptors (Lipinski definition) is 4. The van der Waals surface area contributed by atoms with E-state index in [9.17, 15) is 0 Å². The highest BCUT2D eigenvalue weighted by molar-refractivity contribution is 7.99. The smallest absolute Gasteiger partial charge is 0.187 e. The second-order valence-electron chi connectivity index (χ2n) is 11.7. The highest BCUT2D eigenvalue weighted by Gasteiger charge is 2.11. The van der Waals surface area contributed by atoms with Crippen LogP contribution in [0.5, 0.6) is 5.75 Å². The van der Waals surface area contributed by atoms with Gasteiger partial charge in [0.15, 0.2) is 5.16 Å². The molecule has 0 aliphatic rings. The van der Waals surface area contributed by atoms with Gasteiger partial charge < -0.3 is 4.74 Å². The van der Waals surface area contributed by atoms with Crippen LogP contribution in [-0.4, -0.2) is 30.4 Å². The summed E-state index contributed by atoms with van der Waals surface area (Å²) in [7, 11) is -0.823. The van der Waals surface area contributed by atoms with Gasteiger partial charge in [-0.25, -0.2) is 9.97 Å². The van der Waals surface area contributed by atoms with Crippen LogP contribution in [0.3, 0.4) is 0 Å². The van der Waals surface area contributed by atoms with Crippen molar-refractivity contribution >= 4 is 19.8 Å². The molecule has 0 bridgehead atoms. The molecule has 0 N–H and O–H groups in total. The molecule has 0 spiro atoms. The Balaban J connectivity index is 1.51. The number of rotatable bonds is 22. The van der Waals surface area contributed by atoms with Crippen molar-refractivity contribution in [1.82, 2.24) is 9.97 Å². The van der Waals surface area contributed by atoms with Crippen LogP contribution in [0.2, 0.25) is 25.7 Å². The van der Waals surface area contributed by atoms with Gasteiger partial charge >= 0.3 is 0 Å². The lowest BCUT2D eigenvalue weighted by atomic mass is 10.1. The molecule has 1 aromatic heterocycles. The van der Waals surface area contributed by atoms with Crippen LogP contribution in [0.4, 0.5) is 0 Å². The molecule has 5 heteroatoms. The molecule has 3 nitrogen and oxygen atoms in total. The molecule has 0 aliphatic carbocycles. The zero-order chi connectivity index (χ0) is 26.6. The van der Waals surface area contributed by atoms with Gasteiger partial charge in [0.25, 0.3) is 0 Å². The quantitative estimate of drug-likeness (QED) is 0.0641. The summed E-state index contributed by atoms with van der Waals surface area (Å²) in [5.74, 6) is 2.06. The molecule has 0 atom stereocenters. The van der Waals surface area contributed by atoms with Crippen molar-refractivity contribution in [3.63, 3.8) is 0 Å². The molecule has 1 heterocycles. The molecular formula is C32H54N2OSSi. The van der Waals surface area contributed by atoms with Gasteiger partial charge in [-0.05, 0) is 30.5 Å². The molecule has 0 saturated carbocycles. The summed E-state index contributed by atoms with van der Waals surface area (Å²) in [5, 5.41) is 0.884. The molecule has 2 rings (SSSR count). The van der Waals surface area contributed by atoms with E-state index in [2.05, 4.69) is 60.8 Å². The van der Waals surface area contributed by atoms with E-state index in [1.54, 1.807) is 11.8 Å². The minimum absolute atomic E-state index is 0.809. The molecule has 0 amide bonds. The van der Waals surface area contributed by atoms with Crippen LogP contribution in [0.25, 0.3) is 11.1 Å². The number of thioether (sulfide) groups is 1. The molecule has 0 unspecified atom stereocenters. The first-order valence-corrected chi connectivity index (χ1v) is 19.9. The van der Waals surface area contributed by atoms with Crippen LogP contribution in [0.15, 0.2) is 41.8 Å². The monoisotopic (exact) mass is 542 g/mol. The fourth-order valence-electron chi connectivity index (χ4n) is 4.51. The zero-order valence-electron chi connectivity index (χ0n) is 24.4. The Kier molecular flexibility index (Phi) is 17.0. The topological polar surface area (TPSA) is 35.0 Å². The summed E-state index contributed by atoms with van der Waals surface area (Å²) >= 11 is 1.77. The first kappa shape index (κ1) is 31.9. The van der Waals surface area contributed by atoms with E-state index in [-0.39, 0.29) is 0 Å². The number of ether oxygens (including phenoxy) is 1. The van der Waals surface area contributed by atoms with Crippen LogP contribution in [-0.2, 0) is 0 Å². The maximum Gasteiger partial charge on any atom is 0.187 e. The van der Waals surface area contributed by atoms with E-state index in [0.29, 0.717) is 0 Å². The van der Waals surface area contributed by atoms with E-state index in [4.69, 9.17) is 4.74 Å². The summed E-state index contributed by atoms with van der Waals surface area (Å²) < 4.78 is 5.97. The Labute approximate surface area is 234 Å². The maximum atomic E-state index is 5.97. The van der Waals surface area contributed by atoms with Gasteiger partial charge in [-0.1, -0.05) is 140 Å². The van der Waals surface area contributed by atoms with E-state index in [1.165, 1.54) is 95.9 Å². The number of aromatic nitrogens is 2. The molecule has 0 aliphatic heterocycles. The first-order valence-electron chi connectivity index (χ1n) is 15.2. The van der Waals surface area contributed by atoms with E-state index in [0.717, 1.165) is 40.8 Å². The van der Waals surface area contributed by atoms with Crippen molar-refractivity contribution < 1.29 is 4.74 Å². The summed E-state index contributed by atoms with van der Waals surface area (Å²) in [4.78, 5) is 9.13. The van der Waals surface area contributed by atoms with Crippen LogP contribution in [0.1, 0.15) is 103 Å². The Morgan fingerprint density at radius 3 is 1.78 bits per heavy atom. The van der Waals surface area contributed by atoms with Gasteiger partial charge in [0.1, 0.15) is 5.75 Å². The van der Waals surface area contributed by atoms with Crippen LogP contribution in [0, 0.1) is 0 Å². The van der Waals surface area contributed by atoms with Crippen molar-refractivity contribution in [2.45, 2.75) is 134 Å². The van der Waals surface area contributed by atoms with E-state index in [1.807, 2.05) is 12.4 Å². The van der Waals surface area contributed by atoms with Gasteiger partial charge in [-0.2, -0.15) is 0 Å². The van der Waals surface area contributed by atoms with Crippen LogP contribution < -0.4 is 4.74 Å². The lowest BCUT2D eigenvalue weighted by molar-refractivity contribution is 0.304. The zero-order valence-corrected chi connectivity index (χ0v) is 26.2. The van der Waals surface area contributed by atoms with Gasteiger partial charge in [0.2, 0.25) is 0 Å². The molecule has 2 aromatic rings. The minimum Gasteiger partial charge on any atom is -0.494 e. The second-order valence-corrected chi connectivity index (χ2v) is 18.4. The highest BCUT2D eigenvalue weighted by Crippen LogP contribution is 2.23. The van der Waals surface area contributed by atoms with Gasteiger partial charge in [0, 0.05) is 31.8 Å². The predicted molar refractivity (Wildman–Crippen MR) is 167 cm³/mol. The van der Waals surface area contributed by atoms with Gasteiger partial charge in [0.05, 0.1) is 6.61 Å². The molecule has 208 valence electrons. The Morgan fingerprint density at radius 2 is 1.19 bits per heavy atom. The normalized spacial score (nSPS) is 11.7. The lowest BCUT2D eigenvalue weighted by Gasteiger charge is -2.14. The Morgan fingerprint density at radius 1 is 0.649 bits per heavy atom. The molecule has 0 fully saturated rings. The third kappa shape index (κ3) is 16.3. The van der Waals surface area contributed by atoms with Crippen LogP contribution >= 0.6 is 11.8 Å². The standard InChI is InChI=1S/C32H54N2OSSi/c1-5-6-7-8-15-18-25-36-32-33-27-30(28-34-32)29-20-22-31(23-21-29)35-24-17-14-12-10-9-11-13-16-19-26-37(2,3)4/h20-23,27-28H,5-19,24-26H2,1-4H3. The Bertz CT molecular complexity index is 805. The third-order valence-corrected chi connectivity index (χ3v) is 9.70. The summed E-state index contributed by atoms with van der Waals surface area (Å²) in [6.07, 6.45) is 24.1. The van der Waals surface area contributed by atoms with Crippen molar-refractivity contribution in [3.05, 3.63) is 36.7 Å².